The van der Waals surface area contributed by atoms with Gasteiger partial charge in [0.05, 0.1) is 0 Å². The lowest BCUT2D eigenvalue weighted by Gasteiger charge is -2.26. The van der Waals surface area contributed by atoms with Gasteiger partial charge in [-0.25, -0.2) is 0 Å². The maximum Gasteiger partial charge on any atom is 0.0202 e. The predicted molar refractivity (Wildman–Crippen MR) is 52.0 cm³/mol. The Morgan fingerprint density at radius 2 is 1.36 bits per heavy atom. The van der Waals surface area contributed by atoms with Crippen LogP contribution >= 0.6 is 15.9 Å². The molecule has 0 aromatic rings. The van der Waals surface area contributed by atoms with Crippen molar-refractivity contribution < 1.29 is 0 Å². The highest BCUT2D eigenvalue weighted by Crippen LogP contribution is 2.44. The van der Waals surface area contributed by atoms with Gasteiger partial charge in [-0.3, -0.25) is 0 Å². The average molecular weight is 217 g/mol. The smallest absolute Gasteiger partial charge is 0.0202 e. The van der Waals surface area contributed by atoms with Crippen molar-refractivity contribution in [2.24, 2.45) is 11.8 Å². The van der Waals surface area contributed by atoms with Crippen molar-refractivity contribution >= 4 is 15.9 Å². The third-order valence-corrected chi connectivity index (χ3v) is 4.67. The Bertz CT molecular complexity index is 123. The molecule has 64 valence electrons. The van der Waals surface area contributed by atoms with Gasteiger partial charge in [-0.15, -0.1) is 0 Å². The number of rotatable bonds is 2. The molecule has 0 heterocycles. The van der Waals surface area contributed by atoms with Crippen LogP contribution in [0.15, 0.2) is 0 Å². The van der Waals surface area contributed by atoms with Crippen molar-refractivity contribution in [1.82, 2.24) is 0 Å². The van der Waals surface area contributed by atoms with E-state index in [1.807, 2.05) is 0 Å². The van der Waals surface area contributed by atoms with Crippen LogP contribution in [0.1, 0.15) is 44.9 Å². The molecule has 2 rings (SSSR count). The molecule has 2 saturated carbocycles. The summed E-state index contributed by atoms with van der Waals surface area (Å²) in [7, 11) is 0. The Morgan fingerprint density at radius 3 is 1.91 bits per heavy atom. The van der Waals surface area contributed by atoms with Gasteiger partial charge in [0.1, 0.15) is 0 Å². The van der Waals surface area contributed by atoms with E-state index < -0.39 is 0 Å². The fourth-order valence-electron chi connectivity index (χ4n) is 2.25. The number of halogens is 1. The Balaban J connectivity index is 1.81. The fourth-order valence-corrected chi connectivity index (χ4v) is 3.31. The highest BCUT2D eigenvalue weighted by Gasteiger charge is 2.34. The van der Waals surface area contributed by atoms with Gasteiger partial charge < -0.3 is 0 Å². The van der Waals surface area contributed by atoms with E-state index >= 15 is 0 Å². The van der Waals surface area contributed by atoms with E-state index in [4.69, 9.17) is 0 Å². The van der Waals surface area contributed by atoms with Crippen molar-refractivity contribution in [2.45, 2.75) is 49.8 Å². The van der Waals surface area contributed by atoms with Crippen LogP contribution in [0.4, 0.5) is 0 Å². The van der Waals surface area contributed by atoms with Crippen LogP contribution in [0.25, 0.3) is 0 Å². The van der Waals surface area contributed by atoms with Crippen molar-refractivity contribution in [3.8, 4) is 0 Å². The summed E-state index contributed by atoms with van der Waals surface area (Å²) in [4.78, 5) is 0.878. The van der Waals surface area contributed by atoms with E-state index in [-0.39, 0.29) is 0 Å². The summed E-state index contributed by atoms with van der Waals surface area (Å²) in [6, 6.07) is 0. The van der Waals surface area contributed by atoms with Gasteiger partial charge in [0.2, 0.25) is 0 Å². The second-order valence-corrected chi connectivity index (χ2v) is 5.24. The molecular formula is C10H17Br. The standard InChI is InChI=1S/C10H17Br/c11-10(9-6-7-9)8-4-2-1-3-5-8/h8-10H,1-7H2. The Morgan fingerprint density at radius 1 is 0.818 bits per heavy atom. The molecule has 2 aliphatic rings. The molecule has 0 bridgehead atoms. The first-order chi connectivity index (χ1) is 5.38. The maximum absolute atomic E-state index is 3.87. The first-order valence-electron chi connectivity index (χ1n) is 5.02. The van der Waals surface area contributed by atoms with E-state index in [1.165, 1.54) is 44.9 Å². The lowest BCUT2D eigenvalue weighted by molar-refractivity contribution is 0.338. The lowest BCUT2D eigenvalue weighted by atomic mass is 9.85. The minimum Gasteiger partial charge on any atom is -0.0885 e. The molecule has 11 heavy (non-hydrogen) atoms. The third-order valence-electron chi connectivity index (χ3n) is 3.17. The van der Waals surface area contributed by atoms with Gasteiger partial charge in [-0.2, -0.15) is 0 Å². The average Bonchev–Trinajstić information content (AvgIpc) is 2.87. The van der Waals surface area contributed by atoms with Gasteiger partial charge in [0.25, 0.3) is 0 Å². The maximum atomic E-state index is 3.87. The lowest BCUT2D eigenvalue weighted by Crippen LogP contribution is -2.19. The molecule has 0 radical (unpaired) electrons. The summed E-state index contributed by atoms with van der Waals surface area (Å²) >= 11 is 3.87. The van der Waals surface area contributed by atoms with E-state index in [0.717, 1.165) is 16.7 Å². The predicted octanol–water partition coefficient (Wildman–Crippen LogP) is 3.74. The van der Waals surface area contributed by atoms with Crippen LogP contribution in [-0.4, -0.2) is 4.83 Å². The van der Waals surface area contributed by atoms with Gasteiger partial charge in [0.15, 0.2) is 0 Å². The molecule has 1 atom stereocenters. The summed E-state index contributed by atoms with van der Waals surface area (Å²) < 4.78 is 0. The molecule has 0 nitrogen and oxygen atoms in total. The fraction of sp³-hybridized carbons (Fsp3) is 1.00. The van der Waals surface area contributed by atoms with Crippen LogP contribution in [0.3, 0.4) is 0 Å². The summed E-state index contributed by atoms with van der Waals surface area (Å²) in [6.07, 6.45) is 10.4. The molecule has 0 spiro atoms. The van der Waals surface area contributed by atoms with Crippen molar-refractivity contribution in [3.05, 3.63) is 0 Å². The minimum atomic E-state index is 0.878. The molecule has 0 saturated heterocycles. The summed E-state index contributed by atoms with van der Waals surface area (Å²) in [5.74, 6) is 2.08. The highest BCUT2D eigenvalue weighted by molar-refractivity contribution is 9.09. The molecule has 2 fully saturated rings. The van der Waals surface area contributed by atoms with Crippen molar-refractivity contribution in [3.63, 3.8) is 0 Å². The largest absolute Gasteiger partial charge is 0.0885 e. The van der Waals surface area contributed by atoms with Crippen molar-refractivity contribution in [2.75, 3.05) is 0 Å². The molecule has 0 N–H and O–H groups in total. The summed E-state index contributed by atoms with van der Waals surface area (Å²) in [5, 5.41) is 0. The molecule has 0 amide bonds. The van der Waals surface area contributed by atoms with Crippen LogP contribution in [-0.2, 0) is 0 Å². The van der Waals surface area contributed by atoms with E-state index in [2.05, 4.69) is 15.9 Å². The molecular weight excluding hydrogens is 200 g/mol. The van der Waals surface area contributed by atoms with Crippen LogP contribution in [0.2, 0.25) is 0 Å². The second kappa shape index (κ2) is 3.47. The molecule has 1 unspecified atom stereocenters. The number of alkyl halides is 1. The number of hydrogen-bond donors (Lipinski definition) is 0. The highest BCUT2D eigenvalue weighted by atomic mass is 79.9. The van der Waals surface area contributed by atoms with Crippen LogP contribution in [0, 0.1) is 11.8 Å². The van der Waals surface area contributed by atoms with Gasteiger partial charge in [0, 0.05) is 4.83 Å². The number of hydrogen-bond acceptors (Lipinski definition) is 0. The molecule has 0 aliphatic heterocycles. The zero-order valence-corrected chi connectivity index (χ0v) is 8.65. The molecule has 1 heteroatoms. The van der Waals surface area contributed by atoms with E-state index in [1.54, 1.807) is 0 Å². The van der Waals surface area contributed by atoms with Gasteiger partial charge in [-0.1, -0.05) is 35.2 Å². The molecule has 0 aromatic carbocycles. The first kappa shape index (κ1) is 8.10. The Labute approximate surface area is 77.9 Å². The summed E-state index contributed by atoms with van der Waals surface area (Å²) in [6.45, 7) is 0. The second-order valence-electron chi connectivity index (χ2n) is 4.18. The van der Waals surface area contributed by atoms with Crippen LogP contribution in [0.5, 0.6) is 0 Å². The SMILES string of the molecule is BrC(C1CCCCC1)C1CC1. The zero-order valence-electron chi connectivity index (χ0n) is 7.06. The first-order valence-corrected chi connectivity index (χ1v) is 5.93. The quantitative estimate of drug-likeness (QED) is 0.618. The van der Waals surface area contributed by atoms with E-state index in [9.17, 15) is 0 Å². The topological polar surface area (TPSA) is 0 Å². The Kier molecular flexibility index (Phi) is 2.55. The third kappa shape index (κ3) is 1.99. The normalized spacial score (nSPS) is 30.3. The summed E-state index contributed by atoms with van der Waals surface area (Å²) in [5.41, 5.74) is 0. The molecule has 2 aliphatic carbocycles. The Hall–Kier alpha value is 0.480. The monoisotopic (exact) mass is 216 g/mol. The zero-order chi connectivity index (χ0) is 7.68. The van der Waals surface area contributed by atoms with Gasteiger partial charge in [-0.05, 0) is 37.5 Å². The molecule has 0 aromatic heterocycles. The minimum absolute atomic E-state index is 0.878. The van der Waals surface area contributed by atoms with E-state index in [0.29, 0.717) is 0 Å². The van der Waals surface area contributed by atoms with Crippen molar-refractivity contribution in [1.29, 1.82) is 0 Å². The van der Waals surface area contributed by atoms with Gasteiger partial charge >= 0.3 is 0 Å². The van der Waals surface area contributed by atoms with Crippen LogP contribution < -0.4 is 0 Å².